The molecule has 0 saturated carbocycles. The molecule has 4 aromatic rings. The van der Waals surface area contributed by atoms with E-state index in [1.54, 1.807) is 6.07 Å². The first-order valence-electron chi connectivity index (χ1n) is 7.92. The van der Waals surface area contributed by atoms with Gasteiger partial charge in [-0.2, -0.15) is 5.10 Å². The van der Waals surface area contributed by atoms with Crippen molar-refractivity contribution in [3.8, 4) is 34.0 Å². The first-order chi connectivity index (χ1) is 12.2. The minimum absolute atomic E-state index is 0.225. The summed E-state index contributed by atoms with van der Waals surface area (Å²) in [6.07, 6.45) is 0. The van der Waals surface area contributed by atoms with Crippen LogP contribution in [-0.2, 0) is 0 Å². The third kappa shape index (κ3) is 3.08. The van der Waals surface area contributed by atoms with Crippen LogP contribution >= 0.6 is 15.9 Å². The van der Waals surface area contributed by atoms with Crippen LogP contribution in [-0.4, -0.2) is 14.9 Å². The molecule has 25 heavy (non-hydrogen) atoms. The highest BCUT2D eigenvalue weighted by Crippen LogP contribution is 2.32. The Hall–Kier alpha value is -2.85. The highest BCUT2D eigenvalue weighted by Gasteiger charge is 2.14. The van der Waals surface area contributed by atoms with Gasteiger partial charge in [0, 0.05) is 15.6 Å². The maximum Gasteiger partial charge on any atom is 0.125 e. The molecule has 0 aliphatic heterocycles. The van der Waals surface area contributed by atoms with Crippen LogP contribution < -0.4 is 0 Å². The zero-order chi connectivity index (χ0) is 17.2. The molecule has 1 heterocycles. The summed E-state index contributed by atoms with van der Waals surface area (Å²) >= 11 is 3.47. The lowest BCUT2D eigenvalue weighted by molar-refractivity contribution is 0.477. The van der Waals surface area contributed by atoms with E-state index in [2.05, 4.69) is 28.1 Å². The molecule has 0 aliphatic carbocycles. The number of benzene rings is 3. The standard InChI is InChI=1S/C21H15BrN2O/c22-16-10-12-17(13-11-16)24-20(15-6-2-1-3-7-15)14-19(23-24)18-8-4-5-9-21(18)25/h1-14,25H. The molecule has 0 atom stereocenters. The summed E-state index contributed by atoms with van der Waals surface area (Å²) < 4.78 is 2.93. The smallest absolute Gasteiger partial charge is 0.125 e. The zero-order valence-electron chi connectivity index (χ0n) is 13.3. The van der Waals surface area contributed by atoms with Crippen LogP contribution in [0, 0.1) is 0 Å². The topological polar surface area (TPSA) is 38.0 Å². The third-order valence-electron chi connectivity index (χ3n) is 4.03. The lowest BCUT2D eigenvalue weighted by Gasteiger charge is -2.07. The van der Waals surface area contributed by atoms with Crippen LogP contribution in [0.3, 0.4) is 0 Å². The number of phenolic OH excluding ortho intramolecular Hbond substituents is 1. The molecule has 4 heteroatoms. The molecule has 3 nitrogen and oxygen atoms in total. The highest BCUT2D eigenvalue weighted by molar-refractivity contribution is 9.10. The molecule has 0 unspecified atom stereocenters. The van der Waals surface area contributed by atoms with E-state index in [4.69, 9.17) is 5.10 Å². The van der Waals surface area contributed by atoms with Gasteiger partial charge < -0.3 is 5.11 Å². The predicted molar refractivity (Wildman–Crippen MR) is 104 cm³/mol. The fourth-order valence-electron chi connectivity index (χ4n) is 2.80. The van der Waals surface area contributed by atoms with Gasteiger partial charge in [0.1, 0.15) is 5.75 Å². The van der Waals surface area contributed by atoms with Gasteiger partial charge in [0.05, 0.1) is 17.1 Å². The Kier molecular flexibility index (Phi) is 4.12. The van der Waals surface area contributed by atoms with Gasteiger partial charge in [-0.25, -0.2) is 4.68 Å². The maximum atomic E-state index is 10.2. The van der Waals surface area contributed by atoms with E-state index in [0.29, 0.717) is 0 Å². The summed E-state index contributed by atoms with van der Waals surface area (Å²) in [6, 6.07) is 27.4. The average Bonchev–Trinajstić information content (AvgIpc) is 3.08. The normalized spacial score (nSPS) is 10.8. The first kappa shape index (κ1) is 15.7. The Morgan fingerprint density at radius 2 is 1.48 bits per heavy atom. The third-order valence-corrected chi connectivity index (χ3v) is 4.56. The molecule has 0 amide bonds. The second-order valence-electron chi connectivity index (χ2n) is 5.69. The Bertz CT molecular complexity index is 1010. The number of hydrogen-bond donors (Lipinski definition) is 1. The summed E-state index contributed by atoms with van der Waals surface area (Å²) in [7, 11) is 0. The Morgan fingerprint density at radius 1 is 0.800 bits per heavy atom. The second-order valence-corrected chi connectivity index (χ2v) is 6.60. The van der Waals surface area contributed by atoms with Crippen molar-refractivity contribution in [3.05, 3.63) is 89.4 Å². The van der Waals surface area contributed by atoms with E-state index in [9.17, 15) is 5.11 Å². The molecule has 0 bridgehead atoms. The van der Waals surface area contributed by atoms with Crippen molar-refractivity contribution in [1.29, 1.82) is 0 Å². The number of aromatic nitrogens is 2. The van der Waals surface area contributed by atoms with Crippen molar-refractivity contribution in [2.75, 3.05) is 0 Å². The molecule has 0 aliphatic rings. The number of hydrogen-bond acceptors (Lipinski definition) is 2. The number of para-hydroxylation sites is 1. The van der Waals surface area contributed by atoms with Crippen molar-refractivity contribution in [1.82, 2.24) is 9.78 Å². The van der Waals surface area contributed by atoms with E-state index in [1.807, 2.05) is 71.4 Å². The van der Waals surface area contributed by atoms with Crippen molar-refractivity contribution < 1.29 is 5.11 Å². The molecular formula is C21H15BrN2O. The summed E-state index contributed by atoms with van der Waals surface area (Å²) in [4.78, 5) is 0. The second kappa shape index (κ2) is 6.57. The fraction of sp³-hybridized carbons (Fsp3) is 0. The predicted octanol–water partition coefficient (Wildman–Crippen LogP) is 5.67. The SMILES string of the molecule is Oc1ccccc1-c1cc(-c2ccccc2)n(-c2ccc(Br)cc2)n1. The van der Waals surface area contributed by atoms with E-state index >= 15 is 0 Å². The molecule has 1 aromatic heterocycles. The number of phenols is 1. The number of aromatic hydroxyl groups is 1. The molecule has 0 spiro atoms. The molecular weight excluding hydrogens is 376 g/mol. The minimum atomic E-state index is 0.225. The van der Waals surface area contributed by atoms with Gasteiger partial charge in [-0.3, -0.25) is 0 Å². The Balaban J connectivity index is 1.92. The molecule has 122 valence electrons. The van der Waals surface area contributed by atoms with Crippen molar-refractivity contribution in [2.45, 2.75) is 0 Å². The molecule has 0 radical (unpaired) electrons. The Labute approximate surface area is 154 Å². The van der Waals surface area contributed by atoms with Crippen molar-refractivity contribution in [2.24, 2.45) is 0 Å². The lowest BCUT2D eigenvalue weighted by Crippen LogP contribution is -1.99. The Morgan fingerprint density at radius 3 is 2.20 bits per heavy atom. The monoisotopic (exact) mass is 390 g/mol. The summed E-state index contributed by atoms with van der Waals surface area (Å²) in [5.41, 5.74) is 4.46. The summed E-state index contributed by atoms with van der Waals surface area (Å²) in [6.45, 7) is 0. The first-order valence-corrected chi connectivity index (χ1v) is 8.71. The fourth-order valence-corrected chi connectivity index (χ4v) is 3.06. The highest BCUT2D eigenvalue weighted by atomic mass is 79.9. The average molecular weight is 391 g/mol. The number of rotatable bonds is 3. The maximum absolute atomic E-state index is 10.2. The molecule has 4 rings (SSSR count). The van der Waals surface area contributed by atoms with Crippen LogP contribution in [0.2, 0.25) is 0 Å². The van der Waals surface area contributed by atoms with Crippen molar-refractivity contribution in [3.63, 3.8) is 0 Å². The van der Waals surface area contributed by atoms with Gasteiger partial charge in [-0.15, -0.1) is 0 Å². The quantitative estimate of drug-likeness (QED) is 0.488. The minimum Gasteiger partial charge on any atom is -0.507 e. The van der Waals surface area contributed by atoms with E-state index in [-0.39, 0.29) is 5.75 Å². The van der Waals surface area contributed by atoms with Crippen LogP contribution in [0.25, 0.3) is 28.2 Å². The van der Waals surface area contributed by atoms with Crippen LogP contribution in [0.15, 0.2) is 89.4 Å². The van der Waals surface area contributed by atoms with E-state index in [0.717, 1.165) is 32.7 Å². The molecule has 0 saturated heterocycles. The summed E-state index contributed by atoms with van der Waals surface area (Å²) in [5, 5.41) is 14.9. The van der Waals surface area contributed by atoms with Crippen LogP contribution in [0.4, 0.5) is 0 Å². The van der Waals surface area contributed by atoms with Gasteiger partial charge in [-0.05, 0) is 42.5 Å². The van der Waals surface area contributed by atoms with Crippen molar-refractivity contribution >= 4 is 15.9 Å². The number of halogens is 1. The van der Waals surface area contributed by atoms with Crippen LogP contribution in [0.5, 0.6) is 5.75 Å². The van der Waals surface area contributed by atoms with Gasteiger partial charge in [0.25, 0.3) is 0 Å². The largest absolute Gasteiger partial charge is 0.507 e. The molecule has 0 fully saturated rings. The van der Waals surface area contributed by atoms with Gasteiger partial charge in [0.15, 0.2) is 0 Å². The van der Waals surface area contributed by atoms with E-state index < -0.39 is 0 Å². The molecule has 3 aromatic carbocycles. The molecule has 1 N–H and O–H groups in total. The van der Waals surface area contributed by atoms with Crippen LogP contribution in [0.1, 0.15) is 0 Å². The van der Waals surface area contributed by atoms with Gasteiger partial charge >= 0.3 is 0 Å². The number of nitrogens with zero attached hydrogens (tertiary/aromatic N) is 2. The van der Waals surface area contributed by atoms with Gasteiger partial charge in [0.2, 0.25) is 0 Å². The zero-order valence-corrected chi connectivity index (χ0v) is 14.9. The van der Waals surface area contributed by atoms with Gasteiger partial charge in [-0.1, -0.05) is 58.4 Å². The van der Waals surface area contributed by atoms with E-state index in [1.165, 1.54) is 0 Å². The summed E-state index contributed by atoms with van der Waals surface area (Å²) in [5.74, 6) is 0.225. The lowest BCUT2D eigenvalue weighted by atomic mass is 10.1.